The van der Waals surface area contributed by atoms with E-state index in [9.17, 15) is 13.2 Å². The summed E-state index contributed by atoms with van der Waals surface area (Å²) in [6.45, 7) is 0.356. The number of methoxy groups -OCH3 is 1. The number of ether oxygens (including phenoxy) is 1. The number of carbonyl (C=O) groups is 1. The van der Waals surface area contributed by atoms with Gasteiger partial charge < -0.3 is 10.1 Å². The van der Waals surface area contributed by atoms with Crippen LogP contribution in [0.3, 0.4) is 0 Å². The van der Waals surface area contributed by atoms with Gasteiger partial charge in [-0.05, 0) is 18.9 Å². The summed E-state index contributed by atoms with van der Waals surface area (Å²) in [6.07, 6.45) is 6.89. The lowest BCUT2D eigenvalue weighted by Crippen LogP contribution is -2.39. The molecule has 0 heterocycles. The first kappa shape index (κ1) is 19.7. The number of rotatable bonds is 8. The van der Waals surface area contributed by atoms with E-state index in [4.69, 9.17) is 4.74 Å². The summed E-state index contributed by atoms with van der Waals surface area (Å²) in [5.74, 6) is 0.559. The van der Waals surface area contributed by atoms with E-state index in [1.54, 1.807) is 13.2 Å². The Morgan fingerprint density at radius 3 is 2.56 bits per heavy atom. The Kier molecular flexibility index (Phi) is 7.25. The quantitative estimate of drug-likeness (QED) is 0.764. The third-order valence-electron chi connectivity index (χ3n) is 4.57. The summed E-state index contributed by atoms with van der Waals surface area (Å²) in [4.78, 5) is 12.2. The first-order valence-electron chi connectivity index (χ1n) is 8.76. The highest BCUT2D eigenvalue weighted by Crippen LogP contribution is 2.21. The third kappa shape index (κ3) is 6.32. The minimum Gasteiger partial charge on any atom is -0.496 e. The molecular formula is C18H28N2O4S. The zero-order valence-electron chi connectivity index (χ0n) is 15.0. The molecular weight excluding hydrogens is 340 g/mol. The largest absolute Gasteiger partial charge is 0.496 e. The molecule has 0 unspecified atom stereocenters. The standard InChI is InChI=1S/C18H28N2O4S/c1-24-17-11-7-6-8-15(17)14-20(25(2,22)23)13-12-18(21)19-16-9-4-3-5-10-16/h6-8,11,16H,3-5,9-10,12-14H2,1-2H3,(H,19,21). The van der Waals surface area contributed by atoms with Crippen LogP contribution in [-0.2, 0) is 21.4 Å². The fourth-order valence-electron chi connectivity index (χ4n) is 3.16. The van der Waals surface area contributed by atoms with Crippen LogP contribution in [0, 0.1) is 0 Å². The Morgan fingerprint density at radius 1 is 1.24 bits per heavy atom. The predicted octanol–water partition coefficient (Wildman–Crippen LogP) is 2.30. The lowest BCUT2D eigenvalue weighted by molar-refractivity contribution is -0.122. The predicted molar refractivity (Wildman–Crippen MR) is 97.9 cm³/mol. The molecule has 0 bridgehead atoms. The van der Waals surface area contributed by atoms with Crippen molar-refractivity contribution in [2.75, 3.05) is 19.9 Å². The van der Waals surface area contributed by atoms with E-state index in [2.05, 4.69) is 5.32 Å². The maximum absolute atomic E-state index is 12.2. The Morgan fingerprint density at radius 2 is 1.92 bits per heavy atom. The highest BCUT2D eigenvalue weighted by molar-refractivity contribution is 7.88. The van der Waals surface area contributed by atoms with E-state index in [1.807, 2.05) is 18.2 Å². The van der Waals surface area contributed by atoms with Crippen LogP contribution in [0.4, 0.5) is 0 Å². The van der Waals surface area contributed by atoms with Crippen LogP contribution in [0.1, 0.15) is 44.1 Å². The van der Waals surface area contributed by atoms with E-state index in [0.29, 0.717) is 5.75 Å². The van der Waals surface area contributed by atoms with Gasteiger partial charge in [0, 0.05) is 31.1 Å². The molecule has 1 aliphatic rings. The number of benzene rings is 1. The minimum absolute atomic E-state index is 0.0828. The van der Waals surface area contributed by atoms with Gasteiger partial charge in [0.15, 0.2) is 0 Å². The lowest BCUT2D eigenvalue weighted by atomic mass is 9.95. The van der Waals surface area contributed by atoms with E-state index in [-0.39, 0.29) is 31.5 Å². The second-order valence-electron chi connectivity index (χ2n) is 6.56. The number of nitrogens with one attached hydrogen (secondary N) is 1. The van der Waals surface area contributed by atoms with Crippen molar-refractivity contribution < 1.29 is 17.9 Å². The van der Waals surface area contributed by atoms with Gasteiger partial charge in [-0.2, -0.15) is 4.31 Å². The van der Waals surface area contributed by atoms with Gasteiger partial charge in [-0.1, -0.05) is 37.5 Å². The number of nitrogens with zero attached hydrogens (tertiary/aromatic N) is 1. The first-order valence-corrected chi connectivity index (χ1v) is 10.6. The molecule has 1 saturated carbocycles. The number of hydrogen-bond donors (Lipinski definition) is 1. The Bertz CT molecular complexity index is 669. The number of hydrogen-bond acceptors (Lipinski definition) is 4. The van der Waals surface area contributed by atoms with Crippen LogP contribution in [0.2, 0.25) is 0 Å². The Balaban J connectivity index is 1.95. The fourth-order valence-corrected chi connectivity index (χ4v) is 3.96. The number of para-hydroxylation sites is 1. The molecule has 0 aliphatic heterocycles. The van der Waals surface area contributed by atoms with E-state index in [0.717, 1.165) is 31.2 Å². The van der Waals surface area contributed by atoms with Gasteiger partial charge in [0.2, 0.25) is 15.9 Å². The van der Waals surface area contributed by atoms with Gasteiger partial charge in [0.1, 0.15) is 5.75 Å². The molecule has 0 spiro atoms. The van der Waals surface area contributed by atoms with Crippen molar-refractivity contribution in [1.82, 2.24) is 9.62 Å². The monoisotopic (exact) mass is 368 g/mol. The molecule has 7 heteroatoms. The molecule has 1 amide bonds. The summed E-state index contributed by atoms with van der Waals surface area (Å²) >= 11 is 0. The normalized spacial score (nSPS) is 16.0. The molecule has 1 aromatic rings. The van der Waals surface area contributed by atoms with Crippen molar-refractivity contribution in [2.45, 2.75) is 51.1 Å². The van der Waals surface area contributed by atoms with Crippen LogP contribution in [0.15, 0.2) is 24.3 Å². The van der Waals surface area contributed by atoms with Crippen molar-refractivity contribution in [3.05, 3.63) is 29.8 Å². The molecule has 1 fully saturated rings. The summed E-state index contributed by atoms with van der Waals surface area (Å²) in [5.41, 5.74) is 0.781. The zero-order chi connectivity index (χ0) is 18.3. The van der Waals surface area contributed by atoms with Crippen LogP contribution < -0.4 is 10.1 Å². The van der Waals surface area contributed by atoms with Gasteiger partial charge in [0.25, 0.3) is 0 Å². The maximum atomic E-state index is 12.2. The van der Waals surface area contributed by atoms with E-state index < -0.39 is 10.0 Å². The number of sulfonamides is 1. The summed E-state index contributed by atoms with van der Waals surface area (Å²) in [6, 6.07) is 7.55. The molecule has 2 rings (SSSR count). The second-order valence-corrected chi connectivity index (χ2v) is 8.54. The highest BCUT2D eigenvalue weighted by atomic mass is 32.2. The summed E-state index contributed by atoms with van der Waals surface area (Å²) in [7, 11) is -1.86. The topological polar surface area (TPSA) is 75.7 Å². The van der Waals surface area contributed by atoms with Crippen LogP contribution >= 0.6 is 0 Å². The van der Waals surface area contributed by atoms with Crippen molar-refractivity contribution >= 4 is 15.9 Å². The van der Waals surface area contributed by atoms with Crippen molar-refractivity contribution in [3.63, 3.8) is 0 Å². The van der Waals surface area contributed by atoms with Crippen LogP contribution in [0.5, 0.6) is 5.75 Å². The number of amides is 1. The molecule has 1 N–H and O–H groups in total. The minimum atomic E-state index is -3.42. The zero-order valence-corrected chi connectivity index (χ0v) is 15.8. The third-order valence-corrected chi connectivity index (χ3v) is 5.82. The molecule has 0 radical (unpaired) electrons. The van der Waals surface area contributed by atoms with Crippen molar-refractivity contribution in [1.29, 1.82) is 0 Å². The molecule has 0 atom stereocenters. The maximum Gasteiger partial charge on any atom is 0.221 e. The molecule has 1 aliphatic carbocycles. The first-order chi connectivity index (χ1) is 11.9. The average molecular weight is 368 g/mol. The van der Waals surface area contributed by atoms with Gasteiger partial charge in [0.05, 0.1) is 13.4 Å². The van der Waals surface area contributed by atoms with Crippen molar-refractivity contribution in [3.8, 4) is 5.75 Å². The van der Waals surface area contributed by atoms with E-state index in [1.165, 1.54) is 17.0 Å². The summed E-state index contributed by atoms with van der Waals surface area (Å²) in [5, 5.41) is 3.03. The van der Waals surface area contributed by atoms with E-state index >= 15 is 0 Å². The number of carbonyl (C=O) groups excluding carboxylic acids is 1. The molecule has 25 heavy (non-hydrogen) atoms. The van der Waals surface area contributed by atoms with Crippen LogP contribution in [0.25, 0.3) is 0 Å². The lowest BCUT2D eigenvalue weighted by Gasteiger charge is -2.24. The highest BCUT2D eigenvalue weighted by Gasteiger charge is 2.21. The fraction of sp³-hybridized carbons (Fsp3) is 0.611. The van der Waals surface area contributed by atoms with Crippen molar-refractivity contribution in [2.24, 2.45) is 0 Å². The summed E-state index contributed by atoms with van der Waals surface area (Å²) < 4.78 is 30.8. The van der Waals surface area contributed by atoms with Gasteiger partial charge in [-0.15, -0.1) is 0 Å². The van der Waals surface area contributed by atoms with Gasteiger partial charge in [-0.25, -0.2) is 8.42 Å². The molecule has 1 aromatic carbocycles. The average Bonchev–Trinajstić information content (AvgIpc) is 2.58. The Hall–Kier alpha value is -1.60. The molecule has 0 saturated heterocycles. The smallest absolute Gasteiger partial charge is 0.221 e. The molecule has 6 nitrogen and oxygen atoms in total. The Labute approximate surface area is 150 Å². The van der Waals surface area contributed by atoms with Gasteiger partial charge >= 0.3 is 0 Å². The molecule has 140 valence electrons. The van der Waals surface area contributed by atoms with Crippen LogP contribution in [-0.4, -0.2) is 44.6 Å². The second kappa shape index (κ2) is 9.20. The van der Waals surface area contributed by atoms with Gasteiger partial charge in [-0.3, -0.25) is 4.79 Å². The molecule has 0 aromatic heterocycles. The SMILES string of the molecule is COc1ccccc1CN(CCC(=O)NC1CCCCC1)S(C)(=O)=O.